The smallest absolute Gasteiger partial charge is 0.341 e. The predicted octanol–water partition coefficient (Wildman–Crippen LogP) is 2.94. The number of aromatic carboxylic acids is 1. The molecule has 0 saturated heterocycles. The number of rotatable bonds is 4. The monoisotopic (exact) mass is 260 g/mol. The van der Waals surface area contributed by atoms with Crippen molar-refractivity contribution in [3.63, 3.8) is 0 Å². The van der Waals surface area contributed by atoms with E-state index in [0.29, 0.717) is 29.4 Å². The standard InChI is InChI=1S/C14H16N2O3/c1-8(2)6-11-12(14(17)18)13(16-19-11)10-5-4-9(3)15-7-10/h4-5,7-8H,6H2,1-3H3,(H,17,18). The molecule has 0 aromatic carbocycles. The molecule has 0 amide bonds. The molecule has 2 heterocycles. The molecule has 1 N–H and O–H groups in total. The van der Waals surface area contributed by atoms with Crippen molar-refractivity contribution in [2.24, 2.45) is 5.92 Å². The fourth-order valence-corrected chi connectivity index (χ4v) is 1.86. The first-order valence-electron chi connectivity index (χ1n) is 6.14. The number of carboxylic acids is 1. The highest BCUT2D eigenvalue weighted by Gasteiger charge is 2.24. The molecule has 100 valence electrons. The lowest BCUT2D eigenvalue weighted by Gasteiger charge is -2.02. The maximum absolute atomic E-state index is 11.4. The van der Waals surface area contributed by atoms with E-state index in [0.717, 1.165) is 5.69 Å². The van der Waals surface area contributed by atoms with E-state index in [1.807, 2.05) is 26.8 Å². The molecule has 0 aliphatic carbocycles. The van der Waals surface area contributed by atoms with Gasteiger partial charge in [-0.2, -0.15) is 0 Å². The third kappa shape index (κ3) is 2.81. The van der Waals surface area contributed by atoms with Gasteiger partial charge in [0.25, 0.3) is 0 Å². The number of pyridine rings is 1. The number of aryl methyl sites for hydroxylation is 1. The van der Waals surface area contributed by atoms with Crippen LogP contribution < -0.4 is 0 Å². The molecule has 0 radical (unpaired) electrons. The lowest BCUT2D eigenvalue weighted by atomic mass is 10.0. The second-order valence-electron chi connectivity index (χ2n) is 4.92. The van der Waals surface area contributed by atoms with Crippen molar-refractivity contribution >= 4 is 5.97 Å². The Labute approximate surface area is 111 Å². The number of carbonyl (C=O) groups is 1. The minimum absolute atomic E-state index is 0.138. The topological polar surface area (TPSA) is 76.2 Å². The van der Waals surface area contributed by atoms with E-state index in [1.54, 1.807) is 12.3 Å². The van der Waals surface area contributed by atoms with Crippen LogP contribution in [-0.2, 0) is 6.42 Å². The van der Waals surface area contributed by atoms with E-state index < -0.39 is 5.97 Å². The second-order valence-corrected chi connectivity index (χ2v) is 4.92. The maximum Gasteiger partial charge on any atom is 0.341 e. The third-order valence-electron chi connectivity index (χ3n) is 2.76. The van der Waals surface area contributed by atoms with Gasteiger partial charge in [0.05, 0.1) is 0 Å². The Kier molecular flexibility index (Phi) is 3.64. The van der Waals surface area contributed by atoms with Crippen molar-refractivity contribution in [1.29, 1.82) is 0 Å². The van der Waals surface area contributed by atoms with E-state index in [4.69, 9.17) is 4.52 Å². The Morgan fingerprint density at radius 2 is 2.16 bits per heavy atom. The average molecular weight is 260 g/mol. The van der Waals surface area contributed by atoms with Crippen molar-refractivity contribution in [2.45, 2.75) is 27.2 Å². The van der Waals surface area contributed by atoms with Crippen molar-refractivity contribution in [3.8, 4) is 11.3 Å². The summed E-state index contributed by atoms with van der Waals surface area (Å²) in [5.74, 6) is -0.305. The van der Waals surface area contributed by atoms with Crippen LogP contribution in [0.1, 0.15) is 35.7 Å². The summed E-state index contributed by atoms with van der Waals surface area (Å²) in [4.78, 5) is 15.6. The van der Waals surface area contributed by atoms with Gasteiger partial charge in [0, 0.05) is 23.9 Å². The van der Waals surface area contributed by atoms with E-state index in [-0.39, 0.29) is 5.56 Å². The van der Waals surface area contributed by atoms with E-state index >= 15 is 0 Å². The van der Waals surface area contributed by atoms with Gasteiger partial charge < -0.3 is 9.63 Å². The molecule has 0 unspecified atom stereocenters. The summed E-state index contributed by atoms with van der Waals surface area (Å²) in [5, 5.41) is 13.2. The fourth-order valence-electron chi connectivity index (χ4n) is 1.86. The molecule has 5 nitrogen and oxygen atoms in total. The zero-order valence-electron chi connectivity index (χ0n) is 11.2. The summed E-state index contributed by atoms with van der Waals surface area (Å²) in [6.45, 7) is 5.87. The SMILES string of the molecule is Cc1ccc(-c2noc(CC(C)C)c2C(=O)O)cn1. The van der Waals surface area contributed by atoms with Gasteiger partial charge in [0.15, 0.2) is 5.76 Å². The van der Waals surface area contributed by atoms with Crippen LogP contribution in [0.4, 0.5) is 0 Å². The Bertz CT molecular complexity index is 585. The second kappa shape index (κ2) is 5.22. The first-order valence-corrected chi connectivity index (χ1v) is 6.14. The number of aromatic nitrogens is 2. The molecular formula is C14H16N2O3. The molecule has 0 spiro atoms. The first-order chi connectivity index (χ1) is 8.99. The zero-order chi connectivity index (χ0) is 14.0. The van der Waals surface area contributed by atoms with Crippen LogP contribution in [0.2, 0.25) is 0 Å². The Hall–Kier alpha value is -2.17. The molecule has 0 atom stereocenters. The molecule has 2 rings (SSSR count). The van der Waals surface area contributed by atoms with Gasteiger partial charge in [-0.1, -0.05) is 19.0 Å². The summed E-state index contributed by atoms with van der Waals surface area (Å²) in [6.07, 6.45) is 2.16. The van der Waals surface area contributed by atoms with Crippen LogP contribution in [0.15, 0.2) is 22.9 Å². The highest BCUT2D eigenvalue weighted by molar-refractivity contribution is 5.95. The molecule has 2 aromatic heterocycles. The molecule has 0 aliphatic heterocycles. The van der Waals surface area contributed by atoms with Gasteiger partial charge in [0.1, 0.15) is 11.3 Å². The quantitative estimate of drug-likeness (QED) is 0.914. The van der Waals surface area contributed by atoms with Crippen LogP contribution in [0.25, 0.3) is 11.3 Å². The van der Waals surface area contributed by atoms with Gasteiger partial charge in [0.2, 0.25) is 0 Å². The third-order valence-corrected chi connectivity index (χ3v) is 2.76. The summed E-state index contributed by atoms with van der Waals surface area (Å²) in [5.41, 5.74) is 2.00. The molecule has 19 heavy (non-hydrogen) atoms. The minimum Gasteiger partial charge on any atom is -0.477 e. The highest BCUT2D eigenvalue weighted by Crippen LogP contribution is 2.26. The van der Waals surface area contributed by atoms with Crippen molar-refractivity contribution in [2.75, 3.05) is 0 Å². The minimum atomic E-state index is -1.02. The van der Waals surface area contributed by atoms with Gasteiger partial charge in [-0.25, -0.2) is 4.79 Å². The van der Waals surface area contributed by atoms with Gasteiger partial charge in [-0.15, -0.1) is 0 Å². The van der Waals surface area contributed by atoms with Crippen molar-refractivity contribution in [1.82, 2.24) is 10.1 Å². The molecular weight excluding hydrogens is 244 g/mol. The number of nitrogens with zero attached hydrogens (tertiary/aromatic N) is 2. The lowest BCUT2D eigenvalue weighted by Crippen LogP contribution is -2.04. The van der Waals surface area contributed by atoms with Crippen LogP contribution >= 0.6 is 0 Å². The van der Waals surface area contributed by atoms with Crippen molar-refractivity contribution < 1.29 is 14.4 Å². The molecule has 0 bridgehead atoms. The molecule has 0 saturated carbocycles. The predicted molar refractivity (Wildman–Crippen MR) is 70.0 cm³/mol. The van der Waals surface area contributed by atoms with Crippen LogP contribution in [0, 0.1) is 12.8 Å². The summed E-state index contributed by atoms with van der Waals surface area (Å²) < 4.78 is 5.19. The Morgan fingerprint density at radius 3 is 2.68 bits per heavy atom. The summed E-state index contributed by atoms with van der Waals surface area (Å²) in [7, 11) is 0. The van der Waals surface area contributed by atoms with Crippen molar-refractivity contribution in [3.05, 3.63) is 35.3 Å². The Balaban J connectivity index is 2.48. The van der Waals surface area contributed by atoms with E-state index in [9.17, 15) is 9.90 Å². The Morgan fingerprint density at radius 1 is 1.42 bits per heavy atom. The van der Waals surface area contributed by atoms with Crippen LogP contribution in [0.5, 0.6) is 0 Å². The van der Waals surface area contributed by atoms with E-state index in [2.05, 4.69) is 10.1 Å². The highest BCUT2D eigenvalue weighted by atomic mass is 16.5. The number of carboxylic acid groups (broad SMARTS) is 1. The van der Waals surface area contributed by atoms with Gasteiger partial charge in [-0.3, -0.25) is 4.98 Å². The van der Waals surface area contributed by atoms with Gasteiger partial charge >= 0.3 is 5.97 Å². The number of hydrogen-bond donors (Lipinski definition) is 1. The largest absolute Gasteiger partial charge is 0.477 e. The molecule has 2 aromatic rings. The normalized spacial score (nSPS) is 10.9. The molecule has 0 fully saturated rings. The maximum atomic E-state index is 11.4. The fraction of sp³-hybridized carbons (Fsp3) is 0.357. The first kappa shape index (κ1) is 13.3. The summed E-state index contributed by atoms with van der Waals surface area (Å²) in [6, 6.07) is 3.61. The van der Waals surface area contributed by atoms with E-state index in [1.165, 1.54) is 0 Å². The van der Waals surface area contributed by atoms with Crippen LogP contribution in [0.3, 0.4) is 0 Å². The zero-order valence-corrected chi connectivity index (χ0v) is 11.2. The average Bonchev–Trinajstić information content (AvgIpc) is 2.73. The molecule has 0 aliphatic rings. The summed E-state index contributed by atoms with van der Waals surface area (Å²) >= 11 is 0. The molecule has 5 heteroatoms. The van der Waals surface area contributed by atoms with Gasteiger partial charge in [-0.05, 0) is 25.0 Å². The number of hydrogen-bond acceptors (Lipinski definition) is 4. The lowest BCUT2D eigenvalue weighted by molar-refractivity contribution is 0.0695. The van der Waals surface area contributed by atoms with Crippen LogP contribution in [-0.4, -0.2) is 21.2 Å².